The summed E-state index contributed by atoms with van der Waals surface area (Å²) in [6.07, 6.45) is 0.275. The smallest absolute Gasteiger partial charge is 0.324 e. The highest BCUT2D eigenvalue weighted by Gasteiger charge is 2.32. The molecule has 0 heterocycles. The molecule has 0 aromatic heterocycles. The van der Waals surface area contributed by atoms with Crippen LogP contribution in [0, 0.1) is 0 Å². The molecule has 118 valence electrons. The Hall–Kier alpha value is -1.64. The first kappa shape index (κ1) is 16.2. The van der Waals surface area contributed by atoms with E-state index in [0.717, 1.165) is 16.3 Å². The maximum absolute atomic E-state index is 12.1. The van der Waals surface area contributed by atoms with Gasteiger partial charge in [-0.2, -0.15) is 0 Å². The Morgan fingerprint density at radius 2 is 1.48 bits per heavy atom. The third kappa shape index (κ3) is 3.49. The molecule has 2 N–H and O–H groups in total. The van der Waals surface area contributed by atoms with Crippen molar-refractivity contribution in [1.29, 1.82) is 0 Å². The molecule has 0 bridgehead atoms. The van der Waals surface area contributed by atoms with Crippen LogP contribution in [0.15, 0.2) is 66.7 Å². The Labute approximate surface area is 139 Å². The second-order valence-corrected chi connectivity index (χ2v) is 7.69. The Morgan fingerprint density at radius 3 is 2.13 bits per heavy atom. The Bertz CT molecular complexity index is 874. The molecule has 3 aromatic rings. The largest absolute Gasteiger partial charge is 0.333 e. The van der Waals surface area contributed by atoms with Crippen LogP contribution in [0.25, 0.3) is 10.8 Å². The fourth-order valence-electron chi connectivity index (χ4n) is 2.82. The number of fused-ring (bicyclic) bond motifs is 1. The van der Waals surface area contributed by atoms with E-state index in [0.29, 0.717) is 10.6 Å². The lowest BCUT2D eigenvalue weighted by Crippen LogP contribution is -2.05. The maximum Gasteiger partial charge on any atom is 0.333 e. The molecule has 3 rings (SSSR count). The topological polar surface area (TPSA) is 57.5 Å². The van der Waals surface area contributed by atoms with E-state index in [1.807, 2.05) is 54.6 Å². The lowest BCUT2D eigenvalue weighted by atomic mass is 9.98. The minimum absolute atomic E-state index is 0.275. The van der Waals surface area contributed by atoms with Crippen molar-refractivity contribution in [3.8, 4) is 0 Å². The quantitative estimate of drug-likeness (QED) is 0.657. The highest BCUT2D eigenvalue weighted by molar-refractivity contribution is 7.52. The molecule has 0 aliphatic carbocycles. The van der Waals surface area contributed by atoms with Crippen molar-refractivity contribution in [2.45, 2.75) is 12.1 Å². The van der Waals surface area contributed by atoms with E-state index in [1.54, 1.807) is 12.1 Å². The van der Waals surface area contributed by atoms with Crippen LogP contribution in [0.4, 0.5) is 0 Å². The van der Waals surface area contributed by atoms with E-state index in [2.05, 4.69) is 0 Å². The molecule has 5 heteroatoms. The standard InChI is InChI=1S/C18H16ClO3P/c19-17-11-10-16(14-8-4-5-9-15(14)17)18(23(20,21)22)12-13-6-2-1-3-7-13/h1-11,18H,12H2,(H2,20,21,22). The van der Waals surface area contributed by atoms with Gasteiger partial charge in [-0.3, -0.25) is 4.57 Å². The minimum Gasteiger partial charge on any atom is -0.324 e. The van der Waals surface area contributed by atoms with Crippen molar-refractivity contribution < 1.29 is 14.4 Å². The summed E-state index contributed by atoms with van der Waals surface area (Å²) in [7, 11) is -4.33. The van der Waals surface area contributed by atoms with Crippen molar-refractivity contribution in [2.75, 3.05) is 0 Å². The van der Waals surface area contributed by atoms with Crippen molar-refractivity contribution in [3.63, 3.8) is 0 Å². The summed E-state index contributed by atoms with van der Waals surface area (Å²) in [6.45, 7) is 0. The monoisotopic (exact) mass is 346 g/mol. The molecular formula is C18H16ClO3P. The van der Waals surface area contributed by atoms with Gasteiger partial charge in [-0.05, 0) is 29.0 Å². The molecule has 3 nitrogen and oxygen atoms in total. The van der Waals surface area contributed by atoms with Gasteiger partial charge in [-0.1, -0.05) is 72.3 Å². The Morgan fingerprint density at radius 1 is 0.870 bits per heavy atom. The number of hydrogen-bond donors (Lipinski definition) is 2. The summed E-state index contributed by atoms with van der Waals surface area (Å²) >= 11 is 6.21. The van der Waals surface area contributed by atoms with E-state index >= 15 is 0 Å². The summed E-state index contributed by atoms with van der Waals surface area (Å²) in [5.74, 6) is 0. The van der Waals surface area contributed by atoms with Gasteiger partial charge < -0.3 is 9.79 Å². The predicted octanol–water partition coefficient (Wildman–Crippen LogP) is 4.95. The van der Waals surface area contributed by atoms with Gasteiger partial charge in [0.1, 0.15) is 0 Å². The fourth-order valence-corrected chi connectivity index (χ4v) is 4.09. The highest BCUT2D eigenvalue weighted by Crippen LogP contribution is 2.55. The average molecular weight is 347 g/mol. The van der Waals surface area contributed by atoms with Crippen LogP contribution in [0.3, 0.4) is 0 Å². The van der Waals surface area contributed by atoms with Crippen LogP contribution >= 0.6 is 19.2 Å². The first-order chi connectivity index (χ1) is 11.0. The highest BCUT2D eigenvalue weighted by atomic mass is 35.5. The third-order valence-corrected chi connectivity index (χ3v) is 5.54. The average Bonchev–Trinajstić information content (AvgIpc) is 2.54. The zero-order chi connectivity index (χ0) is 16.4. The first-order valence-corrected chi connectivity index (χ1v) is 9.29. The molecule has 1 atom stereocenters. The normalized spacial score (nSPS) is 13.2. The van der Waals surface area contributed by atoms with Crippen LogP contribution < -0.4 is 0 Å². The molecule has 3 aromatic carbocycles. The van der Waals surface area contributed by atoms with Gasteiger partial charge in [0.25, 0.3) is 0 Å². The lowest BCUT2D eigenvalue weighted by Gasteiger charge is -2.21. The van der Waals surface area contributed by atoms with Crippen molar-refractivity contribution in [2.24, 2.45) is 0 Å². The van der Waals surface area contributed by atoms with E-state index in [9.17, 15) is 14.4 Å². The van der Waals surface area contributed by atoms with Crippen LogP contribution in [-0.4, -0.2) is 9.79 Å². The molecule has 0 amide bonds. The molecule has 0 aliphatic heterocycles. The van der Waals surface area contributed by atoms with Crippen molar-refractivity contribution in [1.82, 2.24) is 0 Å². The minimum atomic E-state index is -4.33. The number of benzene rings is 3. The van der Waals surface area contributed by atoms with Gasteiger partial charge in [-0.25, -0.2) is 0 Å². The molecule has 0 aliphatic rings. The van der Waals surface area contributed by atoms with Gasteiger partial charge in [0.15, 0.2) is 0 Å². The third-order valence-electron chi connectivity index (χ3n) is 3.94. The first-order valence-electron chi connectivity index (χ1n) is 7.23. The van der Waals surface area contributed by atoms with E-state index < -0.39 is 13.3 Å². The molecule has 0 saturated heterocycles. The van der Waals surface area contributed by atoms with Crippen LogP contribution in [0.2, 0.25) is 5.02 Å². The maximum atomic E-state index is 12.1. The molecule has 1 unspecified atom stereocenters. The summed E-state index contributed by atoms with van der Waals surface area (Å²) in [5.41, 5.74) is 0.620. The second kappa shape index (κ2) is 6.46. The SMILES string of the molecule is O=P(O)(O)C(Cc1ccccc1)c1ccc(Cl)c2ccccc12. The predicted molar refractivity (Wildman–Crippen MR) is 93.9 cm³/mol. The molecule has 0 saturated carbocycles. The molecule has 0 radical (unpaired) electrons. The van der Waals surface area contributed by atoms with Crippen molar-refractivity contribution >= 4 is 30.0 Å². The Balaban J connectivity index is 2.15. The van der Waals surface area contributed by atoms with Crippen LogP contribution in [0.5, 0.6) is 0 Å². The number of halogens is 1. The summed E-state index contributed by atoms with van der Waals surface area (Å²) in [5, 5.41) is 2.16. The van der Waals surface area contributed by atoms with Crippen molar-refractivity contribution in [3.05, 3.63) is 82.9 Å². The lowest BCUT2D eigenvalue weighted by molar-refractivity contribution is 0.358. The van der Waals surface area contributed by atoms with Gasteiger partial charge in [0.2, 0.25) is 0 Å². The molecular weight excluding hydrogens is 331 g/mol. The molecule has 23 heavy (non-hydrogen) atoms. The van der Waals surface area contributed by atoms with Gasteiger partial charge in [0, 0.05) is 10.4 Å². The summed E-state index contributed by atoms with van der Waals surface area (Å²) < 4.78 is 12.1. The van der Waals surface area contributed by atoms with E-state index in [-0.39, 0.29) is 6.42 Å². The van der Waals surface area contributed by atoms with Crippen LogP contribution in [-0.2, 0) is 11.0 Å². The van der Waals surface area contributed by atoms with Gasteiger partial charge in [-0.15, -0.1) is 0 Å². The summed E-state index contributed by atoms with van der Waals surface area (Å²) in [4.78, 5) is 19.8. The zero-order valence-corrected chi connectivity index (χ0v) is 13.9. The second-order valence-electron chi connectivity index (χ2n) is 5.48. The number of hydrogen-bond acceptors (Lipinski definition) is 1. The fraction of sp³-hybridized carbons (Fsp3) is 0.111. The number of rotatable bonds is 4. The summed E-state index contributed by atoms with van der Waals surface area (Å²) in [6, 6.07) is 20.2. The van der Waals surface area contributed by atoms with E-state index in [4.69, 9.17) is 11.6 Å². The Kier molecular flexibility index (Phi) is 4.56. The van der Waals surface area contributed by atoms with Crippen LogP contribution in [0.1, 0.15) is 16.8 Å². The van der Waals surface area contributed by atoms with E-state index in [1.165, 1.54) is 0 Å². The zero-order valence-electron chi connectivity index (χ0n) is 12.3. The molecule has 0 fully saturated rings. The molecule has 0 spiro atoms. The van der Waals surface area contributed by atoms with Gasteiger partial charge in [0.05, 0.1) is 5.66 Å². The van der Waals surface area contributed by atoms with Gasteiger partial charge >= 0.3 is 7.60 Å².